The summed E-state index contributed by atoms with van der Waals surface area (Å²) in [6, 6.07) is 8.98. The summed E-state index contributed by atoms with van der Waals surface area (Å²) < 4.78 is 0. The normalized spacial score (nSPS) is 14.9. The monoisotopic (exact) mass is 207 g/mol. The minimum atomic E-state index is -1.27. The zero-order chi connectivity index (χ0) is 11.5. The molecule has 0 saturated heterocycles. The average molecular weight is 207 g/mol. The van der Waals surface area contributed by atoms with Crippen molar-refractivity contribution in [3.05, 3.63) is 35.9 Å². The molecule has 0 radical (unpaired) electrons. The van der Waals surface area contributed by atoms with E-state index in [1.54, 1.807) is 24.3 Å². The van der Waals surface area contributed by atoms with Gasteiger partial charge in [-0.2, -0.15) is 0 Å². The Hall–Kier alpha value is -1.35. The lowest BCUT2D eigenvalue weighted by molar-refractivity contribution is -0.144. The van der Waals surface area contributed by atoms with Gasteiger partial charge in [-0.25, -0.2) is 4.79 Å². The second-order valence-corrected chi connectivity index (χ2v) is 4.24. The zero-order valence-electron chi connectivity index (χ0n) is 9.10. The van der Waals surface area contributed by atoms with E-state index in [1.165, 1.54) is 0 Å². The first-order chi connectivity index (χ1) is 6.97. The molecule has 0 saturated carbocycles. The van der Waals surface area contributed by atoms with Crippen molar-refractivity contribution in [3.63, 3.8) is 0 Å². The van der Waals surface area contributed by atoms with Crippen LogP contribution in [0.5, 0.6) is 0 Å². The lowest BCUT2D eigenvalue weighted by Crippen LogP contribution is -2.45. The van der Waals surface area contributed by atoms with Crippen LogP contribution in [-0.4, -0.2) is 11.1 Å². The largest absolute Gasteiger partial charge is 0.480 e. The fraction of sp³-hybridized carbons (Fsp3) is 0.417. The molecule has 3 nitrogen and oxygen atoms in total. The summed E-state index contributed by atoms with van der Waals surface area (Å²) >= 11 is 0. The van der Waals surface area contributed by atoms with Crippen molar-refractivity contribution in [2.45, 2.75) is 25.8 Å². The number of aliphatic carboxylic acids is 1. The Balaban J connectivity index is 3.07. The molecule has 0 aliphatic rings. The predicted octanol–water partition coefficient (Wildman–Crippen LogP) is 1.97. The van der Waals surface area contributed by atoms with E-state index in [9.17, 15) is 9.90 Å². The number of rotatable bonds is 4. The highest BCUT2D eigenvalue weighted by Crippen LogP contribution is 2.26. The maximum absolute atomic E-state index is 11.2. The molecule has 1 aromatic carbocycles. The highest BCUT2D eigenvalue weighted by molar-refractivity contribution is 5.80. The van der Waals surface area contributed by atoms with Crippen molar-refractivity contribution in [1.82, 2.24) is 0 Å². The van der Waals surface area contributed by atoms with Crippen LogP contribution < -0.4 is 5.73 Å². The van der Waals surface area contributed by atoms with Gasteiger partial charge in [0.15, 0.2) is 0 Å². The number of carboxylic acids is 1. The molecular weight excluding hydrogens is 190 g/mol. The van der Waals surface area contributed by atoms with Gasteiger partial charge in [-0.05, 0) is 17.9 Å². The van der Waals surface area contributed by atoms with Crippen LogP contribution in [-0.2, 0) is 10.3 Å². The lowest BCUT2D eigenvalue weighted by Gasteiger charge is -2.27. The first-order valence-corrected chi connectivity index (χ1v) is 5.04. The predicted molar refractivity (Wildman–Crippen MR) is 59.4 cm³/mol. The second-order valence-electron chi connectivity index (χ2n) is 4.24. The van der Waals surface area contributed by atoms with Crippen molar-refractivity contribution >= 4 is 5.97 Å². The number of nitrogens with two attached hydrogens (primary N) is 1. The maximum Gasteiger partial charge on any atom is 0.328 e. The van der Waals surface area contributed by atoms with Gasteiger partial charge in [0.25, 0.3) is 0 Å². The summed E-state index contributed by atoms with van der Waals surface area (Å²) in [6.45, 7) is 3.93. The molecule has 0 bridgehead atoms. The summed E-state index contributed by atoms with van der Waals surface area (Å²) in [5.74, 6) is -0.728. The minimum Gasteiger partial charge on any atom is -0.480 e. The molecule has 3 heteroatoms. The molecule has 1 aromatic rings. The molecule has 0 aliphatic carbocycles. The van der Waals surface area contributed by atoms with Gasteiger partial charge >= 0.3 is 5.97 Å². The van der Waals surface area contributed by atoms with Crippen molar-refractivity contribution in [2.24, 2.45) is 11.7 Å². The van der Waals surface area contributed by atoms with Gasteiger partial charge in [-0.3, -0.25) is 0 Å². The highest BCUT2D eigenvalue weighted by atomic mass is 16.4. The summed E-state index contributed by atoms with van der Waals surface area (Å²) in [7, 11) is 0. The standard InChI is InChI=1S/C12H17NO2/c1-9(2)8-12(13,11(14)15)10-6-4-3-5-7-10/h3-7,9H,8,13H2,1-2H3,(H,14,15)/t12-/m0/s1. The molecule has 0 aromatic heterocycles. The van der Waals surface area contributed by atoms with Crippen molar-refractivity contribution < 1.29 is 9.90 Å². The van der Waals surface area contributed by atoms with Crippen LogP contribution in [0.1, 0.15) is 25.8 Å². The third-order valence-electron chi connectivity index (χ3n) is 2.40. The fourth-order valence-corrected chi connectivity index (χ4v) is 1.71. The fourth-order valence-electron chi connectivity index (χ4n) is 1.71. The van der Waals surface area contributed by atoms with Gasteiger partial charge in [0.1, 0.15) is 5.54 Å². The number of hydrogen-bond donors (Lipinski definition) is 2. The van der Waals surface area contributed by atoms with Crippen LogP contribution in [0.3, 0.4) is 0 Å². The number of benzene rings is 1. The molecule has 0 amide bonds. The molecule has 1 atom stereocenters. The Morgan fingerprint density at radius 1 is 1.40 bits per heavy atom. The Morgan fingerprint density at radius 3 is 2.33 bits per heavy atom. The Labute approximate surface area is 89.9 Å². The first kappa shape index (κ1) is 11.7. The van der Waals surface area contributed by atoms with Gasteiger partial charge < -0.3 is 10.8 Å². The molecular formula is C12H17NO2. The van der Waals surface area contributed by atoms with E-state index in [1.807, 2.05) is 19.9 Å². The minimum absolute atomic E-state index is 0.242. The van der Waals surface area contributed by atoms with E-state index in [0.717, 1.165) is 0 Å². The first-order valence-electron chi connectivity index (χ1n) is 5.04. The van der Waals surface area contributed by atoms with E-state index < -0.39 is 11.5 Å². The molecule has 82 valence electrons. The lowest BCUT2D eigenvalue weighted by atomic mass is 9.83. The highest BCUT2D eigenvalue weighted by Gasteiger charge is 2.36. The number of hydrogen-bond acceptors (Lipinski definition) is 2. The van der Waals surface area contributed by atoms with E-state index in [4.69, 9.17) is 5.73 Å². The molecule has 15 heavy (non-hydrogen) atoms. The maximum atomic E-state index is 11.2. The Kier molecular flexibility index (Phi) is 3.48. The van der Waals surface area contributed by atoms with Crippen LogP contribution in [0.4, 0.5) is 0 Å². The Morgan fingerprint density at radius 2 is 1.93 bits per heavy atom. The summed E-state index contributed by atoms with van der Waals surface area (Å²) in [6.07, 6.45) is 0.437. The third-order valence-corrected chi connectivity index (χ3v) is 2.40. The van der Waals surface area contributed by atoms with E-state index in [0.29, 0.717) is 12.0 Å². The zero-order valence-corrected chi connectivity index (χ0v) is 9.10. The van der Waals surface area contributed by atoms with Gasteiger partial charge in [0, 0.05) is 0 Å². The SMILES string of the molecule is CC(C)C[C@@](N)(C(=O)O)c1ccccc1. The van der Waals surface area contributed by atoms with Gasteiger partial charge in [0.05, 0.1) is 0 Å². The van der Waals surface area contributed by atoms with Crippen LogP contribution in [0, 0.1) is 5.92 Å². The molecule has 0 aliphatic heterocycles. The molecule has 0 unspecified atom stereocenters. The third kappa shape index (κ3) is 2.57. The van der Waals surface area contributed by atoms with Crippen LogP contribution in [0.2, 0.25) is 0 Å². The Bertz CT molecular complexity index is 335. The molecule has 0 spiro atoms. The van der Waals surface area contributed by atoms with Crippen LogP contribution in [0.15, 0.2) is 30.3 Å². The number of carbonyl (C=O) groups is 1. The van der Waals surface area contributed by atoms with Gasteiger partial charge in [0.2, 0.25) is 0 Å². The van der Waals surface area contributed by atoms with Crippen molar-refractivity contribution in [2.75, 3.05) is 0 Å². The van der Waals surface area contributed by atoms with Gasteiger partial charge in [-0.15, -0.1) is 0 Å². The quantitative estimate of drug-likeness (QED) is 0.793. The summed E-state index contributed by atoms with van der Waals surface area (Å²) in [5, 5.41) is 9.21. The van der Waals surface area contributed by atoms with E-state index in [2.05, 4.69) is 0 Å². The molecule has 0 fully saturated rings. The molecule has 1 rings (SSSR count). The smallest absolute Gasteiger partial charge is 0.328 e. The van der Waals surface area contributed by atoms with Gasteiger partial charge in [-0.1, -0.05) is 44.2 Å². The summed E-state index contributed by atoms with van der Waals surface area (Å²) in [4.78, 5) is 11.2. The van der Waals surface area contributed by atoms with Crippen molar-refractivity contribution in [3.8, 4) is 0 Å². The van der Waals surface area contributed by atoms with Crippen molar-refractivity contribution in [1.29, 1.82) is 0 Å². The molecule has 0 heterocycles. The number of carboxylic acid groups (broad SMARTS) is 1. The summed E-state index contributed by atoms with van der Waals surface area (Å²) in [5.41, 5.74) is 5.35. The molecule has 3 N–H and O–H groups in total. The average Bonchev–Trinajstić information content (AvgIpc) is 2.17. The van der Waals surface area contributed by atoms with E-state index >= 15 is 0 Å². The second kappa shape index (κ2) is 4.45. The van der Waals surface area contributed by atoms with Crippen LogP contribution >= 0.6 is 0 Å². The van der Waals surface area contributed by atoms with E-state index in [-0.39, 0.29) is 5.92 Å². The van der Waals surface area contributed by atoms with Crippen LogP contribution in [0.25, 0.3) is 0 Å². The topological polar surface area (TPSA) is 63.3 Å².